The van der Waals surface area contributed by atoms with Crippen molar-refractivity contribution in [2.24, 2.45) is 0 Å². The number of hydrogen-bond acceptors (Lipinski definition) is 3. The van der Waals surface area contributed by atoms with Gasteiger partial charge in [-0.2, -0.15) is 0 Å². The van der Waals surface area contributed by atoms with Gasteiger partial charge >= 0.3 is 0 Å². The number of hydrogen-bond donors (Lipinski definition) is 0. The molecule has 0 amide bonds. The molecule has 1 aliphatic carbocycles. The van der Waals surface area contributed by atoms with Crippen LogP contribution in [0.1, 0.15) is 19.3 Å². The molecule has 0 N–H and O–H groups in total. The molecule has 0 saturated carbocycles. The van der Waals surface area contributed by atoms with E-state index in [1.165, 1.54) is 0 Å². The Morgan fingerprint density at radius 3 is 1.91 bits per heavy atom. The largest absolute Gasteiger partial charge is 0.292 e. The number of carbonyl (C=O) groups excluding carboxylic acids is 1. The average Bonchev–Trinajstić information content (AvgIpc) is 2.68. The standard InChI is InChI=1S/C19H17ClOS2/c20-15-8-7-13-19(18(21)14-15,22-16-9-3-1-4-10-16)23-17-11-5-2-6-12-17/h1-6,9-12,14H,7-8,13H2. The first kappa shape index (κ1) is 16.7. The van der Waals surface area contributed by atoms with Gasteiger partial charge in [-0.25, -0.2) is 0 Å². The van der Waals surface area contributed by atoms with E-state index in [4.69, 9.17) is 11.6 Å². The molecule has 118 valence electrons. The highest BCUT2D eigenvalue weighted by molar-refractivity contribution is 8.19. The van der Waals surface area contributed by atoms with E-state index in [0.29, 0.717) is 5.03 Å². The second-order valence-electron chi connectivity index (χ2n) is 5.39. The van der Waals surface area contributed by atoms with Crippen LogP contribution in [0.25, 0.3) is 0 Å². The summed E-state index contributed by atoms with van der Waals surface area (Å²) in [5.74, 6) is 0.0997. The third-order valence-corrected chi connectivity index (χ3v) is 6.92. The highest BCUT2D eigenvalue weighted by Crippen LogP contribution is 2.51. The van der Waals surface area contributed by atoms with Crippen molar-refractivity contribution in [3.05, 3.63) is 71.8 Å². The Balaban J connectivity index is 1.96. The third-order valence-electron chi connectivity index (χ3n) is 3.64. The molecule has 0 heterocycles. The molecular formula is C19H17ClOS2. The first-order valence-electron chi connectivity index (χ1n) is 7.57. The minimum atomic E-state index is -0.556. The maximum absolute atomic E-state index is 13.0. The quantitative estimate of drug-likeness (QED) is 0.609. The fraction of sp³-hybridized carbons (Fsp3) is 0.211. The average molecular weight is 361 g/mol. The minimum Gasteiger partial charge on any atom is -0.292 e. The van der Waals surface area contributed by atoms with Gasteiger partial charge in [0.25, 0.3) is 0 Å². The van der Waals surface area contributed by atoms with E-state index in [-0.39, 0.29) is 5.78 Å². The fourth-order valence-corrected chi connectivity index (χ4v) is 5.66. The maximum atomic E-state index is 13.0. The van der Waals surface area contributed by atoms with E-state index in [9.17, 15) is 4.79 Å². The van der Waals surface area contributed by atoms with Crippen molar-refractivity contribution >= 4 is 40.9 Å². The second kappa shape index (κ2) is 7.61. The van der Waals surface area contributed by atoms with Crippen molar-refractivity contribution < 1.29 is 4.79 Å². The van der Waals surface area contributed by atoms with Gasteiger partial charge in [0.05, 0.1) is 0 Å². The van der Waals surface area contributed by atoms with Crippen molar-refractivity contribution in [2.45, 2.75) is 33.1 Å². The van der Waals surface area contributed by atoms with Gasteiger partial charge in [-0.15, -0.1) is 0 Å². The lowest BCUT2D eigenvalue weighted by Gasteiger charge is -2.29. The Morgan fingerprint density at radius 2 is 1.39 bits per heavy atom. The molecule has 3 rings (SSSR count). The van der Waals surface area contributed by atoms with Crippen LogP contribution >= 0.6 is 35.1 Å². The van der Waals surface area contributed by atoms with Crippen LogP contribution in [0.2, 0.25) is 0 Å². The second-order valence-corrected chi connectivity index (χ2v) is 8.88. The molecule has 0 spiro atoms. The van der Waals surface area contributed by atoms with Crippen LogP contribution in [0.4, 0.5) is 0 Å². The van der Waals surface area contributed by atoms with Gasteiger partial charge in [0.1, 0.15) is 4.08 Å². The normalized spacial score (nSPS) is 17.4. The number of halogens is 1. The summed E-state index contributed by atoms with van der Waals surface area (Å²) in [6, 6.07) is 20.2. The summed E-state index contributed by atoms with van der Waals surface area (Å²) < 4.78 is -0.556. The molecule has 0 unspecified atom stereocenters. The fourth-order valence-electron chi connectivity index (χ4n) is 2.52. The summed E-state index contributed by atoms with van der Waals surface area (Å²) in [4.78, 5) is 15.2. The predicted octanol–water partition coefficient (Wildman–Crippen LogP) is 6.14. The lowest BCUT2D eigenvalue weighted by atomic mass is 10.2. The van der Waals surface area contributed by atoms with Crippen molar-refractivity contribution in [1.82, 2.24) is 0 Å². The zero-order valence-corrected chi connectivity index (χ0v) is 15.0. The molecule has 0 aliphatic heterocycles. The molecule has 4 heteroatoms. The monoisotopic (exact) mass is 360 g/mol. The molecule has 0 aromatic heterocycles. The van der Waals surface area contributed by atoms with Crippen LogP contribution in [0.3, 0.4) is 0 Å². The van der Waals surface area contributed by atoms with Gasteiger partial charge in [-0.1, -0.05) is 71.5 Å². The van der Waals surface area contributed by atoms with Gasteiger partial charge in [0, 0.05) is 14.8 Å². The topological polar surface area (TPSA) is 17.1 Å². The number of rotatable bonds is 4. The maximum Gasteiger partial charge on any atom is 0.183 e. The Labute approximate surface area is 150 Å². The van der Waals surface area contributed by atoms with Gasteiger partial charge < -0.3 is 0 Å². The van der Waals surface area contributed by atoms with Gasteiger partial charge in [0.15, 0.2) is 5.78 Å². The van der Waals surface area contributed by atoms with Gasteiger partial charge in [-0.05, 0) is 49.6 Å². The van der Waals surface area contributed by atoms with Crippen molar-refractivity contribution in [3.63, 3.8) is 0 Å². The SMILES string of the molecule is O=C1C=C(Cl)CCCC1(Sc1ccccc1)Sc1ccccc1. The first-order chi connectivity index (χ1) is 11.2. The van der Waals surface area contributed by atoms with Gasteiger partial charge in [0.2, 0.25) is 0 Å². The molecule has 0 bridgehead atoms. The highest BCUT2D eigenvalue weighted by atomic mass is 35.5. The lowest BCUT2D eigenvalue weighted by molar-refractivity contribution is -0.114. The Hall–Kier alpha value is -1.16. The summed E-state index contributed by atoms with van der Waals surface area (Å²) in [6.45, 7) is 0. The van der Waals surface area contributed by atoms with E-state index in [0.717, 1.165) is 29.1 Å². The number of ketones is 1. The van der Waals surface area contributed by atoms with E-state index in [1.54, 1.807) is 29.6 Å². The molecule has 23 heavy (non-hydrogen) atoms. The van der Waals surface area contributed by atoms with E-state index >= 15 is 0 Å². The van der Waals surface area contributed by atoms with Crippen molar-refractivity contribution in [3.8, 4) is 0 Å². The number of allylic oxidation sites excluding steroid dienone is 2. The van der Waals surface area contributed by atoms with Gasteiger partial charge in [-0.3, -0.25) is 4.79 Å². The minimum absolute atomic E-state index is 0.0997. The molecule has 1 nitrogen and oxygen atoms in total. The summed E-state index contributed by atoms with van der Waals surface area (Å²) in [5.41, 5.74) is 0. The third kappa shape index (κ3) is 4.23. The summed E-state index contributed by atoms with van der Waals surface area (Å²) in [7, 11) is 0. The molecule has 2 aromatic carbocycles. The summed E-state index contributed by atoms with van der Waals surface area (Å²) in [6.07, 6.45) is 4.12. The molecule has 0 saturated heterocycles. The Bertz CT molecular complexity index is 656. The van der Waals surface area contributed by atoms with Crippen LogP contribution < -0.4 is 0 Å². The van der Waals surface area contributed by atoms with Crippen LogP contribution in [0.15, 0.2) is 81.6 Å². The van der Waals surface area contributed by atoms with E-state index < -0.39 is 4.08 Å². The van der Waals surface area contributed by atoms with Crippen LogP contribution in [-0.4, -0.2) is 9.86 Å². The Morgan fingerprint density at radius 1 is 0.870 bits per heavy atom. The Kier molecular flexibility index (Phi) is 5.52. The summed E-state index contributed by atoms with van der Waals surface area (Å²) in [5, 5.41) is 0.666. The molecule has 0 radical (unpaired) electrons. The molecular weight excluding hydrogens is 344 g/mol. The molecule has 0 fully saturated rings. The van der Waals surface area contributed by atoms with Crippen LogP contribution in [-0.2, 0) is 4.79 Å². The van der Waals surface area contributed by atoms with Crippen molar-refractivity contribution in [2.75, 3.05) is 0 Å². The van der Waals surface area contributed by atoms with Crippen LogP contribution in [0, 0.1) is 0 Å². The number of thioether (sulfide) groups is 2. The van der Waals surface area contributed by atoms with Crippen LogP contribution in [0.5, 0.6) is 0 Å². The number of benzene rings is 2. The molecule has 1 aliphatic rings. The summed E-state index contributed by atoms with van der Waals surface area (Å²) >= 11 is 9.45. The molecule has 2 aromatic rings. The zero-order chi connectivity index (χ0) is 16.1. The highest BCUT2D eigenvalue weighted by Gasteiger charge is 2.40. The smallest absolute Gasteiger partial charge is 0.183 e. The van der Waals surface area contributed by atoms with E-state index in [2.05, 4.69) is 24.3 Å². The molecule has 0 atom stereocenters. The zero-order valence-electron chi connectivity index (χ0n) is 12.6. The predicted molar refractivity (Wildman–Crippen MR) is 100 cm³/mol. The lowest BCUT2D eigenvalue weighted by Crippen LogP contribution is -2.29. The van der Waals surface area contributed by atoms with Crippen molar-refractivity contribution in [1.29, 1.82) is 0 Å². The van der Waals surface area contributed by atoms with E-state index in [1.807, 2.05) is 36.4 Å². The first-order valence-corrected chi connectivity index (χ1v) is 9.58. The number of carbonyl (C=O) groups is 1.